The molecular formula is C11H25N2+. The van der Waals surface area contributed by atoms with Crippen LogP contribution in [0.2, 0.25) is 0 Å². The van der Waals surface area contributed by atoms with E-state index >= 15 is 0 Å². The first-order valence-electron chi connectivity index (χ1n) is 5.50. The molecule has 3 unspecified atom stereocenters. The number of hydrogen-bond donors (Lipinski definition) is 2. The van der Waals surface area contributed by atoms with Crippen LogP contribution < -0.4 is 11.5 Å². The number of hydrogen-bond acceptors (Lipinski definition) is 1. The van der Waals surface area contributed by atoms with Gasteiger partial charge in [0.1, 0.15) is 0 Å². The molecule has 1 fully saturated rings. The maximum absolute atomic E-state index is 5.61. The molecule has 0 aromatic carbocycles. The highest BCUT2D eigenvalue weighted by atomic mass is 14.7. The number of quaternary nitrogens is 1. The van der Waals surface area contributed by atoms with Crippen molar-refractivity contribution in [1.82, 2.24) is 0 Å². The van der Waals surface area contributed by atoms with Crippen LogP contribution in [0.25, 0.3) is 0 Å². The Morgan fingerprint density at radius 3 is 2.46 bits per heavy atom. The third kappa shape index (κ3) is 2.96. The molecule has 1 saturated carbocycles. The van der Waals surface area contributed by atoms with Crippen LogP contribution in [0.5, 0.6) is 0 Å². The maximum Gasteiger partial charge on any atom is 0.0866 e. The third-order valence-electron chi connectivity index (χ3n) is 3.87. The van der Waals surface area contributed by atoms with Gasteiger partial charge in [0.2, 0.25) is 0 Å². The van der Waals surface area contributed by atoms with Gasteiger partial charge in [0, 0.05) is 5.41 Å². The van der Waals surface area contributed by atoms with Crippen LogP contribution in [0, 0.1) is 17.3 Å². The molecule has 13 heavy (non-hydrogen) atoms. The Morgan fingerprint density at radius 1 is 1.46 bits per heavy atom. The minimum atomic E-state index is 0.405. The lowest BCUT2D eigenvalue weighted by Gasteiger charge is -2.26. The van der Waals surface area contributed by atoms with Crippen molar-refractivity contribution in [2.45, 2.75) is 46.1 Å². The highest BCUT2D eigenvalue weighted by Gasteiger charge is 2.37. The Bertz CT molecular complexity index is 163. The average molecular weight is 185 g/mol. The molecular weight excluding hydrogens is 160 g/mol. The zero-order valence-electron chi connectivity index (χ0n) is 9.34. The second-order valence-electron chi connectivity index (χ2n) is 5.42. The zero-order valence-corrected chi connectivity index (χ0v) is 9.34. The molecule has 0 radical (unpaired) electrons. The molecule has 1 aliphatic rings. The lowest BCUT2D eigenvalue weighted by Crippen LogP contribution is -2.65. The van der Waals surface area contributed by atoms with Crippen molar-refractivity contribution in [3.05, 3.63) is 0 Å². The van der Waals surface area contributed by atoms with Gasteiger partial charge in [-0.1, -0.05) is 13.8 Å². The maximum atomic E-state index is 5.61. The molecule has 0 aliphatic heterocycles. The van der Waals surface area contributed by atoms with Gasteiger partial charge in [0.25, 0.3) is 0 Å². The van der Waals surface area contributed by atoms with E-state index in [4.69, 9.17) is 5.73 Å². The Kier molecular flexibility index (Phi) is 3.36. The third-order valence-corrected chi connectivity index (χ3v) is 3.87. The topological polar surface area (TPSA) is 53.7 Å². The second-order valence-corrected chi connectivity index (χ2v) is 5.42. The van der Waals surface area contributed by atoms with Crippen molar-refractivity contribution in [3.8, 4) is 0 Å². The van der Waals surface area contributed by atoms with E-state index in [1.807, 2.05) is 0 Å². The van der Waals surface area contributed by atoms with Crippen molar-refractivity contribution < 1.29 is 5.73 Å². The van der Waals surface area contributed by atoms with Gasteiger partial charge in [-0.25, -0.2) is 0 Å². The standard InChI is InChI=1S/C11H24N2/c1-8(13)11(2,3)5-4-9-6-10(9)7-12/h8-10H,4-7,12-13H2,1-3H3/p+1. The van der Waals surface area contributed by atoms with Gasteiger partial charge in [-0.3, -0.25) is 0 Å². The van der Waals surface area contributed by atoms with Crippen molar-refractivity contribution in [2.75, 3.05) is 6.54 Å². The van der Waals surface area contributed by atoms with Crippen LogP contribution in [0.4, 0.5) is 0 Å². The fraction of sp³-hybridized carbons (Fsp3) is 1.00. The van der Waals surface area contributed by atoms with E-state index in [0.717, 1.165) is 18.4 Å². The van der Waals surface area contributed by atoms with Crippen LogP contribution in [-0.2, 0) is 0 Å². The van der Waals surface area contributed by atoms with Gasteiger partial charge in [0.15, 0.2) is 0 Å². The van der Waals surface area contributed by atoms with E-state index in [-0.39, 0.29) is 0 Å². The highest BCUT2D eigenvalue weighted by molar-refractivity contribution is 4.88. The molecule has 2 nitrogen and oxygen atoms in total. The molecule has 5 N–H and O–H groups in total. The largest absolute Gasteiger partial charge is 0.355 e. The van der Waals surface area contributed by atoms with E-state index in [0.29, 0.717) is 11.5 Å². The lowest BCUT2D eigenvalue weighted by atomic mass is 9.81. The molecule has 0 aromatic heterocycles. The molecule has 3 atom stereocenters. The molecule has 0 bridgehead atoms. The summed E-state index contributed by atoms with van der Waals surface area (Å²) in [5.74, 6) is 1.78. The molecule has 1 aliphatic carbocycles. The summed E-state index contributed by atoms with van der Waals surface area (Å²) in [7, 11) is 0. The zero-order chi connectivity index (χ0) is 10.1. The molecule has 0 spiro atoms. The normalized spacial score (nSPS) is 30.2. The Balaban J connectivity index is 2.19. The van der Waals surface area contributed by atoms with Gasteiger partial charge in [-0.15, -0.1) is 0 Å². The van der Waals surface area contributed by atoms with Gasteiger partial charge >= 0.3 is 0 Å². The number of nitrogens with two attached hydrogens (primary N) is 1. The SMILES string of the molecule is CC([NH3+])C(C)(C)CCC1CC1CN. The quantitative estimate of drug-likeness (QED) is 0.660. The first kappa shape index (κ1) is 11.0. The van der Waals surface area contributed by atoms with E-state index in [2.05, 4.69) is 26.5 Å². The monoisotopic (exact) mass is 185 g/mol. The Labute approximate surface area is 82.1 Å². The fourth-order valence-corrected chi connectivity index (χ4v) is 1.76. The molecule has 0 saturated heterocycles. The minimum Gasteiger partial charge on any atom is -0.355 e. The minimum absolute atomic E-state index is 0.405. The van der Waals surface area contributed by atoms with Gasteiger partial charge in [-0.05, 0) is 44.6 Å². The van der Waals surface area contributed by atoms with Gasteiger partial charge < -0.3 is 11.5 Å². The molecule has 1 rings (SSSR count). The van der Waals surface area contributed by atoms with Crippen molar-refractivity contribution in [2.24, 2.45) is 23.0 Å². The first-order chi connectivity index (χ1) is 5.97. The fourth-order valence-electron chi connectivity index (χ4n) is 1.76. The number of rotatable bonds is 5. The Morgan fingerprint density at radius 2 is 2.08 bits per heavy atom. The summed E-state index contributed by atoms with van der Waals surface area (Å²) >= 11 is 0. The summed E-state index contributed by atoms with van der Waals surface area (Å²) in [5, 5.41) is 0. The van der Waals surface area contributed by atoms with Gasteiger partial charge in [-0.2, -0.15) is 0 Å². The molecule has 0 amide bonds. The van der Waals surface area contributed by atoms with E-state index in [9.17, 15) is 0 Å². The first-order valence-corrected chi connectivity index (χ1v) is 5.50. The van der Waals surface area contributed by atoms with E-state index in [1.165, 1.54) is 19.3 Å². The summed E-state index contributed by atoms with van der Waals surface area (Å²) in [6, 6.07) is 0.544. The smallest absolute Gasteiger partial charge is 0.0866 e. The summed E-state index contributed by atoms with van der Waals surface area (Å²) in [6.07, 6.45) is 4.03. The average Bonchev–Trinajstić information content (AvgIpc) is 2.79. The molecule has 78 valence electrons. The summed E-state index contributed by atoms with van der Waals surface area (Å²) < 4.78 is 0. The van der Waals surface area contributed by atoms with E-state index in [1.54, 1.807) is 0 Å². The molecule has 0 aromatic rings. The van der Waals surface area contributed by atoms with Crippen LogP contribution in [-0.4, -0.2) is 12.6 Å². The van der Waals surface area contributed by atoms with Crippen LogP contribution in [0.15, 0.2) is 0 Å². The van der Waals surface area contributed by atoms with Crippen LogP contribution >= 0.6 is 0 Å². The van der Waals surface area contributed by atoms with Crippen molar-refractivity contribution in [3.63, 3.8) is 0 Å². The molecule has 0 heterocycles. The second kappa shape index (κ2) is 3.97. The summed E-state index contributed by atoms with van der Waals surface area (Å²) in [5.41, 5.74) is 10.1. The van der Waals surface area contributed by atoms with Crippen molar-refractivity contribution in [1.29, 1.82) is 0 Å². The summed E-state index contributed by atoms with van der Waals surface area (Å²) in [6.45, 7) is 7.76. The highest BCUT2D eigenvalue weighted by Crippen LogP contribution is 2.43. The van der Waals surface area contributed by atoms with Gasteiger partial charge in [0.05, 0.1) is 6.04 Å². The Hall–Kier alpha value is -0.0800. The predicted octanol–water partition coefficient (Wildman–Crippen LogP) is 1.02. The molecule has 2 heteroatoms. The summed E-state index contributed by atoms with van der Waals surface area (Å²) in [4.78, 5) is 0. The van der Waals surface area contributed by atoms with Crippen LogP contribution in [0.3, 0.4) is 0 Å². The van der Waals surface area contributed by atoms with E-state index < -0.39 is 0 Å². The van der Waals surface area contributed by atoms with Crippen LogP contribution in [0.1, 0.15) is 40.0 Å². The lowest BCUT2D eigenvalue weighted by molar-refractivity contribution is -0.439. The van der Waals surface area contributed by atoms with Crippen molar-refractivity contribution >= 4 is 0 Å². The predicted molar refractivity (Wildman–Crippen MR) is 56.0 cm³/mol.